The van der Waals surface area contributed by atoms with Gasteiger partial charge in [0.25, 0.3) is 0 Å². The van der Waals surface area contributed by atoms with E-state index < -0.39 is 6.10 Å². The molecule has 0 radical (unpaired) electrons. The number of aliphatic hydroxyl groups excluding tert-OH is 3. The van der Waals surface area contributed by atoms with Crippen LogP contribution in [0.2, 0.25) is 0 Å². The van der Waals surface area contributed by atoms with Crippen LogP contribution < -0.4 is 0 Å². The summed E-state index contributed by atoms with van der Waals surface area (Å²) < 4.78 is 0. The number of aliphatic hydroxyl groups is 3. The van der Waals surface area contributed by atoms with E-state index in [2.05, 4.69) is 13.8 Å². The molecule has 0 unspecified atom stereocenters. The Morgan fingerprint density at radius 1 is 1.22 bits per heavy atom. The lowest BCUT2D eigenvalue weighted by molar-refractivity contribution is 0.113. The maximum absolute atomic E-state index is 10.6. The van der Waals surface area contributed by atoms with Gasteiger partial charge in [0.05, 0.1) is 12.7 Å². The predicted octanol–water partition coefficient (Wildman–Crippen LogP) is 1.47. The van der Waals surface area contributed by atoms with E-state index in [1.54, 1.807) is 0 Å². The normalized spacial score (nSPS) is 50.8. The molecule has 3 N–H and O–H groups in total. The van der Waals surface area contributed by atoms with Crippen molar-refractivity contribution >= 4 is 0 Å². The lowest BCUT2D eigenvalue weighted by Crippen LogP contribution is -2.26. The van der Waals surface area contributed by atoms with Gasteiger partial charge in [-0.1, -0.05) is 13.8 Å². The zero-order chi connectivity index (χ0) is 13.1. The molecule has 3 heteroatoms. The average Bonchev–Trinajstić information content (AvgIpc) is 2.93. The first-order chi connectivity index (χ1) is 8.45. The van der Waals surface area contributed by atoms with E-state index in [1.165, 1.54) is 0 Å². The molecule has 2 fully saturated rings. The summed E-state index contributed by atoms with van der Waals surface area (Å²) in [5.41, 5.74) is 2.26. The summed E-state index contributed by atoms with van der Waals surface area (Å²) in [5, 5.41) is 29.6. The van der Waals surface area contributed by atoms with E-state index in [1.807, 2.05) is 0 Å². The van der Waals surface area contributed by atoms with Gasteiger partial charge in [-0.2, -0.15) is 0 Å². The Hall–Kier alpha value is -0.380. The Labute approximate surface area is 109 Å². The number of rotatable bonds is 2. The highest BCUT2D eigenvalue weighted by molar-refractivity contribution is 5.38. The molecule has 2 saturated carbocycles. The van der Waals surface area contributed by atoms with E-state index in [0.717, 1.165) is 36.8 Å². The number of hydrogen-bond acceptors (Lipinski definition) is 3. The van der Waals surface area contributed by atoms with E-state index in [9.17, 15) is 15.3 Å². The van der Waals surface area contributed by atoms with Crippen molar-refractivity contribution in [3.63, 3.8) is 0 Å². The third-order valence-electron chi connectivity index (χ3n) is 5.99. The summed E-state index contributed by atoms with van der Waals surface area (Å²) in [4.78, 5) is 0. The van der Waals surface area contributed by atoms with Gasteiger partial charge in [-0.3, -0.25) is 0 Å². The highest BCUT2D eigenvalue weighted by Gasteiger charge is 2.61. The molecule has 0 bridgehead atoms. The van der Waals surface area contributed by atoms with Crippen LogP contribution in [-0.2, 0) is 0 Å². The Morgan fingerprint density at radius 3 is 2.56 bits per heavy atom. The van der Waals surface area contributed by atoms with Gasteiger partial charge in [-0.15, -0.1) is 0 Å². The fourth-order valence-corrected chi connectivity index (χ4v) is 5.03. The Morgan fingerprint density at radius 2 is 1.94 bits per heavy atom. The van der Waals surface area contributed by atoms with Gasteiger partial charge in [0, 0.05) is 6.61 Å². The average molecular weight is 252 g/mol. The number of hydrogen-bond donors (Lipinski definition) is 3. The monoisotopic (exact) mass is 252 g/mol. The summed E-state index contributed by atoms with van der Waals surface area (Å²) >= 11 is 0. The third-order valence-corrected chi connectivity index (χ3v) is 5.99. The Kier molecular flexibility index (Phi) is 2.68. The molecule has 3 nitrogen and oxygen atoms in total. The van der Waals surface area contributed by atoms with Crippen molar-refractivity contribution in [1.82, 2.24) is 0 Å². The maximum Gasteiger partial charge on any atom is 0.0790 e. The van der Waals surface area contributed by atoms with Gasteiger partial charge >= 0.3 is 0 Å². The molecule has 0 amide bonds. The number of fused-ring (bicyclic) bond motifs is 3. The van der Waals surface area contributed by atoms with Crippen LogP contribution in [0.5, 0.6) is 0 Å². The summed E-state index contributed by atoms with van der Waals surface area (Å²) in [6.45, 7) is 4.70. The van der Waals surface area contributed by atoms with Crippen molar-refractivity contribution in [3.05, 3.63) is 11.1 Å². The van der Waals surface area contributed by atoms with Gasteiger partial charge in [-0.05, 0) is 59.5 Å². The van der Waals surface area contributed by atoms with Crippen molar-refractivity contribution in [2.45, 2.75) is 45.6 Å². The van der Waals surface area contributed by atoms with Gasteiger partial charge < -0.3 is 15.3 Å². The van der Waals surface area contributed by atoms with Crippen LogP contribution in [0.4, 0.5) is 0 Å². The van der Waals surface area contributed by atoms with Crippen molar-refractivity contribution in [3.8, 4) is 0 Å². The highest BCUT2D eigenvalue weighted by Crippen LogP contribution is 2.66. The second-order valence-corrected chi connectivity index (χ2v) is 7.19. The molecule has 18 heavy (non-hydrogen) atoms. The zero-order valence-electron chi connectivity index (χ0n) is 11.3. The van der Waals surface area contributed by atoms with Crippen molar-refractivity contribution in [2.75, 3.05) is 13.2 Å². The molecule has 0 saturated heterocycles. The topological polar surface area (TPSA) is 60.7 Å². The van der Waals surface area contributed by atoms with E-state index >= 15 is 0 Å². The zero-order valence-corrected chi connectivity index (χ0v) is 11.3. The first-order valence-electron chi connectivity index (χ1n) is 7.07. The second-order valence-electron chi connectivity index (χ2n) is 7.19. The van der Waals surface area contributed by atoms with Gasteiger partial charge in [-0.25, -0.2) is 0 Å². The molecule has 0 aromatic carbocycles. The summed E-state index contributed by atoms with van der Waals surface area (Å²) in [7, 11) is 0. The van der Waals surface area contributed by atoms with Crippen LogP contribution in [-0.4, -0.2) is 34.6 Å². The largest absolute Gasteiger partial charge is 0.396 e. The molecular weight excluding hydrogens is 228 g/mol. The predicted molar refractivity (Wildman–Crippen MR) is 68.9 cm³/mol. The first-order valence-corrected chi connectivity index (χ1v) is 7.07. The smallest absolute Gasteiger partial charge is 0.0790 e. The lowest BCUT2D eigenvalue weighted by atomic mass is 9.73. The van der Waals surface area contributed by atoms with Crippen molar-refractivity contribution < 1.29 is 15.3 Å². The minimum Gasteiger partial charge on any atom is -0.396 e. The quantitative estimate of drug-likeness (QED) is 0.652. The minimum atomic E-state index is -0.391. The van der Waals surface area contributed by atoms with Crippen molar-refractivity contribution in [1.29, 1.82) is 0 Å². The fourth-order valence-electron chi connectivity index (χ4n) is 5.03. The van der Waals surface area contributed by atoms with E-state index in [0.29, 0.717) is 5.92 Å². The van der Waals surface area contributed by atoms with Crippen LogP contribution in [0.3, 0.4) is 0 Å². The Bertz CT molecular complexity index is 403. The molecule has 102 valence electrons. The third kappa shape index (κ3) is 1.41. The summed E-state index contributed by atoms with van der Waals surface area (Å²) in [6, 6.07) is 0. The standard InChI is InChI=1S/C15H24O3/c1-14(8-17)5-10-11(6-14)15(2)4-3-9(7-16)12(15)13(10)18/h10-11,13,16-18H,3-8H2,1-2H3/t10-,11+,13+,14+,15-/m0/s1. The van der Waals surface area contributed by atoms with Crippen LogP contribution in [0.25, 0.3) is 0 Å². The Balaban J connectivity index is 1.99. The molecule has 0 aromatic rings. The van der Waals surface area contributed by atoms with Crippen molar-refractivity contribution in [2.24, 2.45) is 22.7 Å². The van der Waals surface area contributed by atoms with E-state index in [4.69, 9.17) is 0 Å². The van der Waals surface area contributed by atoms with E-state index in [-0.39, 0.29) is 30.0 Å². The SMILES string of the molecule is C[C@@]1(CO)C[C@H]2[C@@H](C1)[C@]1(C)CCC(CO)=C1[C@@H]2O. The molecule has 0 aromatic heterocycles. The molecule has 3 aliphatic carbocycles. The molecule has 3 aliphatic rings. The summed E-state index contributed by atoms with van der Waals surface area (Å²) in [5.74, 6) is 0.757. The second kappa shape index (κ2) is 3.81. The molecule has 5 atom stereocenters. The first kappa shape index (κ1) is 12.6. The molecule has 0 heterocycles. The van der Waals surface area contributed by atoms with Gasteiger partial charge in [0.15, 0.2) is 0 Å². The molecule has 3 rings (SSSR count). The molecular formula is C15H24O3. The van der Waals surface area contributed by atoms with Gasteiger partial charge in [0.1, 0.15) is 0 Å². The van der Waals surface area contributed by atoms with Crippen LogP contribution in [0.15, 0.2) is 11.1 Å². The van der Waals surface area contributed by atoms with Crippen LogP contribution in [0, 0.1) is 22.7 Å². The molecule has 0 aliphatic heterocycles. The minimum absolute atomic E-state index is 0.0210. The van der Waals surface area contributed by atoms with Crippen LogP contribution >= 0.6 is 0 Å². The van der Waals surface area contributed by atoms with Crippen LogP contribution in [0.1, 0.15) is 39.5 Å². The lowest BCUT2D eigenvalue weighted by Gasteiger charge is -2.31. The summed E-state index contributed by atoms with van der Waals surface area (Å²) in [6.07, 6.45) is 3.51. The van der Waals surface area contributed by atoms with Gasteiger partial charge in [0.2, 0.25) is 0 Å². The highest BCUT2D eigenvalue weighted by atomic mass is 16.3. The fraction of sp³-hybridized carbons (Fsp3) is 0.867. The molecule has 0 spiro atoms. The maximum atomic E-state index is 10.6.